The molecule has 0 atom stereocenters. The van der Waals surface area contributed by atoms with Gasteiger partial charge >= 0.3 is 0 Å². The van der Waals surface area contributed by atoms with Crippen LogP contribution in [-0.4, -0.2) is 25.7 Å². The largest absolute Gasteiger partial charge is 0.399 e. The fraction of sp³-hybridized carbons (Fsp3) is 0.364. The van der Waals surface area contributed by atoms with E-state index in [1.54, 1.807) is 6.07 Å². The number of hydrogen-bond acceptors (Lipinski definition) is 5. The first-order chi connectivity index (χ1) is 8.22. The molecule has 1 rings (SSSR count). The Morgan fingerprint density at radius 2 is 2.11 bits per heavy atom. The minimum Gasteiger partial charge on any atom is -0.399 e. The van der Waals surface area contributed by atoms with Gasteiger partial charge in [-0.3, -0.25) is 0 Å². The predicted molar refractivity (Wildman–Crippen MR) is 67.1 cm³/mol. The maximum absolute atomic E-state index is 12.1. The zero-order valence-electron chi connectivity index (χ0n) is 10.1. The van der Waals surface area contributed by atoms with E-state index in [0.29, 0.717) is 5.69 Å². The Balaban J connectivity index is 3.26. The summed E-state index contributed by atoms with van der Waals surface area (Å²) in [5, 5.41) is 18.0. The number of nitrogens with zero attached hydrogens (tertiary/aromatic N) is 1. The topological polar surface area (TPSA) is 116 Å². The zero-order valence-corrected chi connectivity index (χ0v) is 11.0. The molecule has 0 amide bonds. The van der Waals surface area contributed by atoms with Gasteiger partial charge in [0.15, 0.2) is 0 Å². The number of rotatable bonds is 4. The Morgan fingerprint density at radius 3 is 2.61 bits per heavy atom. The number of nitriles is 1. The number of hydrogen-bond donors (Lipinski definition) is 3. The molecular formula is C11H15N3O3S. The predicted octanol–water partition coefficient (Wildman–Crippen LogP) is 0.190. The minimum absolute atomic E-state index is 0.0313. The summed E-state index contributed by atoms with van der Waals surface area (Å²) in [7, 11) is -3.88. The molecule has 4 N–H and O–H groups in total. The Kier molecular flexibility index (Phi) is 3.96. The van der Waals surface area contributed by atoms with Crippen LogP contribution in [-0.2, 0) is 10.0 Å². The summed E-state index contributed by atoms with van der Waals surface area (Å²) in [6.45, 7) is 2.71. The highest BCUT2D eigenvalue weighted by molar-refractivity contribution is 7.89. The van der Waals surface area contributed by atoms with Crippen molar-refractivity contribution in [2.75, 3.05) is 12.3 Å². The second kappa shape index (κ2) is 4.94. The van der Waals surface area contributed by atoms with Crippen molar-refractivity contribution >= 4 is 15.7 Å². The van der Waals surface area contributed by atoms with Crippen LogP contribution >= 0.6 is 0 Å². The van der Waals surface area contributed by atoms with Crippen LogP contribution in [0, 0.1) is 11.3 Å². The molecule has 0 unspecified atom stereocenters. The lowest BCUT2D eigenvalue weighted by Crippen LogP contribution is -2.46. The third-order valence-electron chi connectivity index (χ3n) is 2.22. The molecule has 18 heavy (non-hydrogen) atoms. The molecule has 0 aromatic heterocycles. The second-order valence-electron chi connectivity index (χ2n) is 4.51. The molecule has 0 aliphatic rings. The second-order valence-corrected chi connectivity index (χ2v) is 6.17. The molecule has 0 spiro atoms. The molecule has 1 aromatic rings. The standard InChI is InChI=1S/C11H15N3O3S/c1-11(2,7-15)14-18(16,17)10-4-3-9(13)5-8(10)6-12/h3-5,14-15H,7,13H2,1-2H3. The summed E-state index contributed by atoms with van der Waals surface area (Å²) in [5.41, 5.74) is 4.77. The van der Waals surface area contributed by atoms with Gasteiger partial charge in [0.25, 0.3) is 0 Å². The maximum Gasteiger partial charge on any atom is 0.242 e. The lowest BCUT2D eigenvalue weighted by Gasteiger charge is -2.23. The third-order valence-corrected chi connectivity index (χ3v) is 3.98. The number of aliphatic hydroxyl groups excluding tert-OH is 1. The quantitative estimate of drug-likeness (QED) is 0.675. The fourth-order valence-electron chi connectivity index (χ4n) is 1.32. The van der Waals surface area contributed by atoms with Gasteiger partial charge in [0, 0.05) is 5.69 Å². The van der Waals surface area contributed by atoms with Gasteiger partial charge in [0.1, 0.15) is 6.07 Å². The number of aliphatic hydroxyl groups is 1. The van der Waals surface area contributed by atoms with Crippen molar-refractivity contribution in [1.82, 2.24) is 4.72 Å². The van der Waals surface area contributed by atoms with E-state index >= 15 is 0 Å². The van der Waals surface area contributed by atoms with Gasteiger partial charge < -0.3 is 10.8 Å². The van der Waals surface area contributed by atoms with Crippen LogP contribution in [0.3, 0.4) is 0 Å². The van der Waals surface area contributed by atoms with E-state index in [-0.39, 0.29) is 17.1 Å². The van der Waals surface area contributed by atoms with Crippen molar-refractivity contribution in [3.8, 4) is 6.07 Å². The zero-order chi connectivity index (χ0) is 14.0. The molecule has 6 nitrogen and oxygen atoms in total. The summed E-state index contributed by atoms with van der Waals surface area (Å²) >= 11 is 0. The van der Waals surface area contributed by atoms with Crippen molar-refractivity contribution in [1.29, 1.82) is 5.26 Å². The van der Waals surface area contributed by atoms with Crippen LogP contribution < -0.4 is 10.5 Å². The van der Waals surface area contributed by atoms with Crippen LogP contribution in [0.4, 0.5) is 5.69 Å². The molecule has 7 heteroatoms. The van der Waals surface area contributed by atoms with Crippen molar-refractivity contribution in [3.05, 3.63) is 23.8 Å². The molecule has 0 radical (unpaired) electrons. The molecule has 0 aliphatic heterocycles. The summed E-state index contributed by atoms with van der Waals surface area (Å²) in [6.07, 6.45) is 0. The van der Waals surface area contributed by atoms with Gasteiger partial charge in [-0.1, -0.05) is 0 Å². The van der Waals surface area contributed by atoms with E-state index in [1.165, 1.54) is 32.0 Å². The average Bonchev–Trinajstić information content (AvgIpc) is 2.27. The third kappa shape index (κ3) is 3.20. The van der Waals surface area contributed by atoms with E-state index in [0.717, 1.165) is 0 Å². The number of nitrogens with two attached hydrogens (primary N) is 1. The molecular weight excluding hydrogens is 254 g/mol. The number of anilines is 1. The molecule has 1 aromatic carbocycles. The Labute approximate surface area is 106 Å². The molecule has 0 heterocycles. The van der Waals surface area contributed by atoms with E-state index in [2.05, 4.69) is 4.72 Å². The summed E-state index contributed by atoms with van der Waals surface area (Å²) in [6, 6.07) is 5.75. The van der Waals surface area contributed by atoms with E-state index in [9.17, 15) is 8.42 Å². The molecule has 0 fully saturated rings. The number of nitrogens with one attached hydrogen (secondary N) is 1. The Hall–Kier alpha value is -1.62. The Morgan fingerprint density at radius 1 is 1.50 bits per heavy atom. The van der Waals surface area contributed by atoms with Gasteiger partial charge in [0.2, 0.25) is 10.0 Å². The lowest BCUT2D eigenvalue weighted by molar-refractivity contribution is 0.208. The average molecular weight is 269 g/mol. The van der Waals surface area contributed by atoms with Gasteiger partial charge in [0.05, 0.1) is 22.6 Å². The first-order valence-corrected chi connectivity index (χ1v) is 6.64. The van der Waals surface area contributed by atoms with Crippen molar-refractivity contribution < 1.29 is 13.5 Å². The lowest BCUT2D eigenvalue weighted by atomic mass is 10.1. The minimum atomic E-state index is -3.88. The molecule has 0 aliphatic carbocycles. The number of sulfonamides is 1. The van der Waals surface area contributed by atoms with Gasteiger partial charge in [-0.2, -0.15) is 5.26 Å². The summed E-state index contributed by atoms with van der Waals surface area (Å²) in [5.74, 6) is 0. The first kappa shape index (κ1) is 14.4. The van der Waals surface area contributed by atoms with Crippen LogP contribution in [0.15, 0.2) is 23.1 Å². The molecule has 98 valence electrons. The monoisotopic (exact) mass is 269 g/mol. The highest BCUT2D eigenvalue weighted by atomic mass is 32.2. The highest BCUT2D eigenvalue weighted by Crippen LogP contribution is 2.19. The fourth-order valence-corrected chi connectivity index (χ4v) is 2.86. The van der Waals surface area contributed by atoms with Crippen LogP contribution in [0.5, 0.6) is 0 Å². The molecule has 0 saturated carbocycles. The van der Waals surface area contributed by atoms with Gasteiger partial charge in [-0.25, -0.2) is 13.1 Å². The summed E-state index contributed by atoms with van der Waals surface area (Å²) < 4.78 is 26.5. The van der Waals surface area contributed by atoms with Crippen LogP contribution in [0.25, 0.3) is 0 Å². The molecule has 0 bridgehead atoms. The van der Waals surface area contributed by atoms with E-state index in [4.69, 9.17) is 16.1 Å². The van der Waals surface area contributed by atoms with Gasteiger partial charge in [-0.15, -0.1) is 0 Å². The maximum atomic E-state index is 12.1. The summed E-state index contributed by atoms with van der Waals surface area (Å²) in [4.78, 5) is -0.152. The van der Waals surface area contributed by atoms with Crippen molar-refractivity contribution in [3.63, 3.8) is 0 Å². The Bertz CT molecular complexity index is 588. The highest BCUT2D eigenvalue weighted by Gasteiger charge is 2.27. The van der Waals surface area contributed by atoms with Crippen molar-refractivity contribution in [2.24, 2.45) is 0 Å². The number of nitrogen functional groups attached to an aromatic ring is 1. The smallest absolute Gasteiger partial charge is 0.242 e. The van der Waals surface area contributed by atoms with Gasteiger partial charge in [-0.05, 0) is 32.0 Å². The van der Waals surface area contributed by atoms with E-state index in [1.807, 2.05) is 0 Å². The number of benzene rings is 1. The SMILES string of the molecule is CC(C)(CO)NS(=O)(=O)c1ccc(N)cc1C#N. The van der Waals surface area contributed by atoms with Crippen molar-refractivity contribution in [2.45, 2.75) is 24.3 Å². The van der Waals surface area contributed by atoms with E-state index < -0.39 is 15.6 Å². The van der Waals surface area contributed by atoms with Crippen LogP contribution in [0.1, 0.15) is 19.4 Å². The van der Waals surface area contributed by atoms with Crippen LogP contribution in [0.2, 0.25) is 0 Å². The first-order valence-electron chi connectivity index (χ1n) is 5.16. The normalized spacial score (nSPS) is 12.1. The molecule has 0 saturated heterocycles.